The zero-order valence-corrected chi connectivity index (χ0v) is 10.9. The van der Waals surface area contributed by atoms with Gasteiger partial charge in [-0.1, -0.05) is 6.92 Å². The molecule has 1 heterocycles. The van der Waals surface area contributed by atoms with Crippen LogP contribution in [-0.4, -0.2) is 34.7 Å². The Labute approximate surface area is 100 Å². The van der Waals surface area contributed by atoms with Gasteiger partial charge in [0.1, 0.15) is 0 Å². The number of hydrogen-bond acceptors (Lipinski definition) is 2. The molecular weight excluding hydrogens is 198 g/mol. The van der Waals surface area contributed by atoms with Gasteiger partial charge in [0.2, 0.25) is 0 Å². The molecule has 0 spiro atoms. The van der Waals surface area contributed by atoms with Crippen molar-refractivity contribution in [1.82, 2.24) is 4.90 Å². The van der Waals surface area contributed by atoms with Crippen molar-refractivity contribution in [3.63, 3.8) is 0 Å². The van der Waals surface area contributed by atoms with E-state index in [2.05, 4.69) is 11.8 Å². The molecule has 0 aromatic carbocycles. The van der Waals surface area contributed by atoms with Gasteiger partial charge in [0.25, 0.3) is 0 Å². The first-order valence-electron chi connectivity index (χ1n) is 7.10. The fourth-order valence-corrected chi connectivity index (χ4v) is 3.56. The highest BCUT2D eigenvalue weighted by Gasteiger charge is 2.32. The Balaban J connectivity index is 1.87. The molecule has 0 radical (unpaired) electrons. The summed E-state index contributed by atoms with van der Waals surface area (Å²) in [6.07, 6.45) is 9.07. The van der Waals surface area contributed by atoms with Crippen LogP contribution in [0.3, 0.4) is 0 Å². The van der Waals surface area contributed by atoms with E-state index in [1.807, 2.05) is 6.92 Å². The Kier molecular flexibility index (Phi) is 4.26. The maximum atomic E-state index is 9.54. The van der Waals surface area contributed by atoms with Gasteiger partial charge in [-0.15, -0.1) is 0 Å². The molecule has 2 fully saturated rings. The Morgan fingerprint density at radius 3 is 2.50 bits per heavy atom. The molecule has 2 rings (SSSR count). The maximum absolute atomic E-state index is 9.54. The minimum atomic E-state index is -0.131. The molecule has 1 N–H and O–H groups in total. The highest BCUT2D eigenvalue weighted by atomic mass is 16.3. The van der Waals surface area contributed by atoms with Crippen molar-refractivity contribution in [3.05, 3.63) is 0 Å². The van der Waals surface area contributed by atoms with Gasteiger partial charge in [-0.05, 0) is 64.3 Å². The molecule has 0 aromatic rings. The number of rotatable bonds is 3. The van der Waals surface area contributed by atoms with Gasteiger partial charge in [-0.25, -0.2) is 0 Å². The molecule has 1 aliphatic heterocycles. The summed E-state index contributed by atoms with van der Waals surface area (Å²) in [7, 11) is 0. The smallest absolute Gasteiger partial charge is 0.0527 e. The van der Waals surface area contributed by atoms with Crippen LogP contribution in [-0.2, 0) is 0 Å². The van der Waals surface area contributed by atoms with Crippen LogP contribution in [0.4, 0.5) is 0 Å². The van der Waals surface area contributed by atoms with E-state index in [1.54, 1.807) is 0 Å². The van der Waals surface area contributed by atoms with Gasteiger partial charge >= 0.3 is 0 Å². The van der Waals surface area contributed by atoms with E-state index in [1.165, 1.54) is 45.1 Å². The number of hydrogen-bond donors (Lipinski definition) is 1. The summed E-state index contributed by atoms with van der Waals surface area (Å²) in [6, 6.07) is 1.49. The molecule has 2 aliphatic rings. The first-order chi connectivity index (χ1) is 7.66. The quantitative estimate of drug-likeness (QED) is 0.798. The largest absolute Gasteiger partial charge is 0.393 e. The minimum Gasteiger partial charge on any atom is -0.393 e. The van der Waals surface area contributed by atoms with Crippen LogP contribution in [0, 0.1) is 5.92 Å². The van der Waals surface area contributed by atoms with E-state index in [4.69, 9.17) is 0 Å². The third kappa shape index (κ3) is 2.98. The Bertz CT molecular complexity index is 209. The Morgan fingerprint density at radius 2 is 1.88 bits per heavy atom. The fraction of sp³-hybridized carbons (Fsp3) is 1.00. The van der Waals surface area contributed by atoms with Gasteiger partial charge < -0.3 is 5.11 Å². The Morgan fingerprint density at radius 1 is 1.19 bits per heavy atom. The van der Waals surface area contributed by atoms with Crippen LogP contribution in [0.1, 0.15) is 58.8 Å². The van der Waals surface area contributed by atoms with E-state index < -0.39 is 0 Å². The number of likely N-dealkylation sites (tertiary alicyclic amines) is 1. The molecule has 0 amide bonds. The molecule has 1 aliphatic carbocycles. The third-order valence-corrected chi connectivity index (χ3v) is 4.49. The van der Waals surface area contributed by atoms with Crippen LogP contribution in [0.25, 0.3) is 0 Å². The summed E-state index contributed by atoms with van der Waals surface area (Å²) in [5.74, 6) is 0.939. The predicted molar refractivity (Wildman–Crippen MR) is 67.4 cm³/mol. The summed E-state index contributed by atoms with van der Waals surface area (Å²) in [5, 5.41) is 9.54. The number of aliphatic hydroxyl groups excluding tert-OH is 1. The number of aliphatic hydroxyl groups is 1. The first kappa shape index (κ1) is 12.4. The topological polar surface area (TPSA) is 23.5 Å². The van der Waals surface area contributed by atoms with Crippen molar-refractivity contribution in [2.75, 3.05) is 6.54 Å². The van der Waals surface area contributed by atoms with Crippen LogP contribution in [0.5, 0.6) is 0 Å². The zero-order chi connectivity index (χ0) is 11.5. The molecule has 2 heteroatoms. The molecular formula is C14H27NO. The number of nitrogens with zero attached hydrogens (tertiary/aromatic N) is 1. The zero-order valence-electron chi connectivity index (χ0n) is 10.9. The van der Waals surface area contributed by atoms with Crippen molar-refractivity contribution >= 4 is 0 Å². The molecule has 2 nitrogen and oxygen atoms in total. The van der Waals surface area contributed by atoms with E-state index in [9.17, 15) is 5.11 Å². The SMILES string of the molecule is CC(O)CC1CCCN1C1CCC(C)CC1. The van der Waals surface area contributed by atoms with Crippen molar-refractivity contribution in [2.45, 2.75) is 77.0 Å². The summed E-state index contributed by atoms with van der Waals surface area (Å²) in [5.41, 5.74) is 0. The van der Waals surface area contributed by atoms with Crippen LogP contribution in [0.2, 0.25) is 0 Å². The normalized spacial score (nSPS) is 38.8. The lowest BCUT2D eigenvalue weighted by atomic mass is 9.86. The lowest BCUT2D eigenvalue weighted by molar-refractivity contribution is 0.0870. The van der Waals surface area contributed by atoms with Gasteiger partial charge in [0.05, 0.1) is 6.10 Å². The van der Waals surface area contributed by atoms with E-state index in [0.29, 0.717) is 6.04 Å². The van der Waals surface area contributed by atoms with E-state index >= 15 is 0 Å². The van der Waals surface area contributed by atoms with Gasteiger partial charge in [-0.2, -0.15) is 0 Å². The first-order valence-corrected chi connectivity index (χ1v) is 7.10. The molecule has 0 bridgehead atoms. The molecule has 1 saturated carbocycles. The van der Waals surface area contributed by atoms with E-state index in [-0.39, 0.29) is 6.10 Å². The molecule has 0 aromatic heterocycles. The summed E-state index contributed by atoms with van der Waals surface area (Å²) < 4.78 is 0. The molecule has 94 valence electrons. The predicted octanol–water partition coefficient (Wildman–Crippen LogP) is 2.80. The van der Waals surface area contributed by atoms with E-state index in [0.717, 1.165) is 18.4 Å². The maximum Gasteiger partial charge on any atom is 0.0527 e. The van der Waals surface area contributed by atoms with Gasteiger partial charge in [-0.3, -0.25) is 4.90 Å². The minimum absolute atomic E-state index is 0.131. The summed E-state index contributed by atoms with van der Waals surface area (Å²) in [4.78, 5) is 2.71. The monoisotopic (exact) mass is 225 g/mol. The van der Waals surface area contributed by atoms with Gasteiger partial charge in [0.15, 0.2) is 0 Å². The molecule has 1 saturated heterocycles. The fourth-order valence-electron chi connectivity index (χ4n) is 3.56. The molecule has 16 heavy (non-hydrogen) atoms. The second kappa shape index (κ2) is 5.50. The van der Waals surface area contributed by atoms with Crippen molar-refractivity contribution < 1.29 is 5.11 Å². The highest BCUT2D eigenvalue weighted by molar-refractivity contribution is 4.88. The standard InChI is InChI=1S/C14H27NO/c1-11-5-7-13(8-6-11)15-9-3-4-14(15)10-12(2)16/h11-14,16H,3-10H2,1-2H3. The molecule has 2 unspecified atom stereocenters. The Hall–Kier alpha value is -0.0800. The second-order valence-corrected chi connectivity index (χ2v) is 6.03. The average Bonchev–Trinajstić information content (AvgIpc) is 2.66. The third-order valence-electron chi connectivity index (χ3n) is 4.49. The van der Waals surface area contributed by atoms with Crippen LogP contribution in [0.15, 0.2) is 0 Å². The van der Waals surface area contributed by atoms with Crippen LogP contribution < -0.4 is 0 Å². The van der Waals surface area contributed by atoms with Crippen molar-refractivity contribution in [1.29, 1.82) is 0 Å². The highest BCUT2D eigenvalue weighted by Crippen LogP contribution is 2.32. The van der Waals surface area contributed by atoms with Crippen LogP contribution >= 0.6 is 0 Å². The van der Waals surface area contributed by atoms with Gasteiger partial charge in [0, 0.05) is 12.1 Å². The average molecular weight is 225 g/mol. The second-order valence-electron chi connectivity index (χ2n) is 6.03. The summed E-state index contributed by atoms with van der Waals surface area (Å²) in [6.45, 7) is 5.59. The molecule has 2 atom stereocenters. The van der Waals surface area contributed by atoms with Crippen molar-refractivity contribution in [2.24, 2.45) is 5.92 Å². The lowest BCUT2D eigenvalue weighted by Gasteiger charge is -2.37. The lowest BCUT2D eigenvalue weighted by Crippen LogP contribution is -2.42. The summed E-state index contributed by atoms with van der Waals surface area (Å²) >= 11 is 0. The van der Waals surface area contributed by atoms with Crippen molar-refractivity contribution in [3.8, 4) is 0 Å².